The molecule has 7 nitrogen and oxygen atoms in total. The van der Waals surface area contributed by atoms with Gasteiger partial charge in [0.2, 0.25) is 5.79 Å². The van der Waals surface area contributed by atoms with Crippen molar-refractivity contribution in [2.45, 2.75) is 31.1 Å². The highest BCUT2D eigenvalue weighted by Crippen LogP contribution is 2.25. The molecular formula is C17H26N2O5. The molecule has 1 unspecified atom stereocenters. The van der Waals surface area contributed by atoms with Crippen molar-refractivity contribution in [3.8, 4) is 0 Å². The van der Waals surface area contributed by atoms with Crippen LogP contribution in [0.15, 0.2) is 30.3 Å². The van der Waals surface area contributed by atoms with E-state index in [-0.39, 0.29) is 31.6 Å². The van der Waals surface area contributed by atoms with Gasteiger partial charge < -0.3 is 26.0 Å². The number of methoxy groups -OCH3 is 2. The average molecular weight is 338 g/mol. The molecule has 0 saturated carbocycles. The molecule has 24 heavy (non-hydrogen) atoms. The fourth-order valence-corrected chi connectivity index (χ4v) is 2.55. The first-order chi connectivity index (χ1) is 11.4. The molecule has 0 saturated heterocycles. The summed E-state index contributed by atoms with van der Waals surface area (Å²) in [6.45, 7) is 0.0639. The average Bonchev–Trinajstić information content (AvgIpc) is 2.60. The second kappa shape index (κ2) is 9.48. The van der Waals surface area contributed by atoms with Gasteiger partial charge in [0.1, 0.15) is 6.04 Å². The second-order valence-corrected chi connectivity index (χ2v) is 5.64. The maximum atomic E-state index is 12.9. The first-order valence-corrected chi connectivity index (χ1v) is 7.77. The summed E-state index contributed by atoms with van der Waals surface area (Å²) in [5, 5.41) is 8.86. The third kappa shape index (κ3) is 5.10. The van der Waals surface area contributed by atoms with E-state index < -0.39 is 23.7 Å². The molecule has 7 heteroatoms. The number of hydrogen-bond acceptors (Lipinski definition) is 6. The number of hydrogen-bond donors (Lipinski definition) is 3. The number of ketones is 1. The van der Waals surface area contributed by atoms with Gasteiger partial charge in [0.25, 0.3) is 0 Å². The minimum atomic E-state index is -1.46. The number of rotatable bonds is 11. The van der Waals surface area contributed by atoms with E-state index in [9.17, 15) is 9.59 Å². The second-order valence-electron chi connectivity index (χ2n) is 5.64. The first kappa shape index (κ1) is 20.2. The fraction of sp³-hybridized carbons (Fsp3) is 0.529. The predicted octanol–water partition coefficient (Wildman–Crippen LogP) is 0.554. The predicted molar refractivity (Wildman–Crippen MR) is 89.3 cm³/mol. The lowest BCUT2D eigenvalue weighted by Crippen LogP contribution is -2.50. The third-order valence-electron chi connectivity index (χ3n) is 4.11. The van der Waals surface area contributed by atoms with Crippen LogP contribution in [-0.2, 0) is 25.5 Å². The highest BCUT2D eigenvalue weighted by atomic mass is 16.7. The van der Waals surface area contributed by atoms with Gasteiger partial charge in [-0.1, -0.05) is 30.3 Å². The smallest absolute Gasteiger partial charge is 0.320 e. The topological polar surface area (TPSA) is 125 Å². The number of ether oxygens (including phenoxy) is 2. The molecule has 0 fully saturated rings. The van der Waals surface area contributed by atoms with E-state index in [0.717, 1.165) is 5.56 Å². The molecule has 1 aromatic carbocycles. The summed E-state index contributed by atoms with van der Waals surface area (Å²) in [5.74, 6) is -3.47. The molecule has 0 heterocycles. The molecule has 0 aliphatic heterocycles. The van der Waals surface area contributed by atoms with Gasteiger partial charge in [-0.15, -0.1) is 0 Å². The summed E-state index contributed by atoms with van der Waals surface area (Å²) in [5.41, 5.74) is 12.1. The van der Waals surface area contributed by atoms with E-state index in [1.807, 2.05) is 30.3 Å². The Hall–Kier alpha value is -1.80. The van der Waals surface area contributed by atoms with E-state index in [4.69, 9.17) is 26.0 Å². The summed E-state index contributed by atoms with van der Waals surface area (Å²) in [7, 11) is 2.81. The summed E-state index contributed by atoms with van der Waals surface area (Å²) in [4.78, 5) is 23.8. The van der Waals surface area contributed by atoms with Crippen LogP contribution in [0.5, 0.6) is 0 Å². The summed E-state index contributed by atoms with van der Waals surface area (Å²) in [6.07, 6.45) is 0.644. The zero-order chi connectivity index (χ0) is 18.2. The molecule has 0 spiro atoms. The Kier molecular flexibility index (Phi) is 8.00. The number of Topliss-reactive ketones (excluding diaryl/α,β-unsaturated/α-hetero) is 1. The van der Waals surface area contributed by atoms with Gasteiger partial charge in [-0.3, -0.25) is 9.59 Å². The fourth-order valence-electron chi connectivity index (χ4n) is 2.55. The molecule has 134 valence electrons. The third-order valence-corrected chi connectivity index (χ3v) is 4.11. The molecule has 0 amide bonds. The van der Waals surface area contributed by atoms with Crippen molar-refractivity contribution < 1.29 is 24.2 Å². The van der Waals surface area contributed by atoms with Gasteiger partial charge in [0.15, 0.2) is 5.78 Å². The van der Waals surface area contributed by atoms with Crippen LogP contribution in [-0.4, -0.2) is 49.5 Å². The lowest BCUT2D eigenvalue weighted by molar-refractivity contribution is -0.210. The van der Waals surface area contributed by atoms with Gasteiger partial charge in [0.05, 0.1) is 0 Å². The number of aliphatic carboxylic acids is 1. The Morgan fingerprint density at radius 2 is 1.75 bits per heavy atom. The van der Waals surface area contributed by atoms with Crippen LogP contribution in [0.2, 0.25) is 0 Å². The van der Waals surface area contributed by atoms with Crippen LogP contribution in [0.25, 0.3) is 0 Å². The Bertz CT molecular complexity index is 531. The normalized spacial score (nSPS) is 14.2. The van der Waals surface area contributed by atoms with Gasteiger partial charge in [-0.2, -0.15) is 0 Å². The largest absolute Gasteiger partial charge is 0.480 e. The molecule has 0 aliphatic rings. The monoisotopic (exact) mass is 338 g/mol. The number of carbonyl (C=O) groups excluding carboxylic acids is 1. The molecule has 1 aromatic rings. The van der Waals surface area contributed by atoms with E-state index >= 15 is 0 Å². The number of carboxylic acid groups (broad SMARTS) is 1. The standard InChI is InChI=1S/C17H26N2O5/c1-23-17(24-2,10-12-6-4-3-5-7-12)15(20)13(11-18)8-9-14(19)16(21)22/h3-7,13-14H,8-11,18-19H2,1-2H3,(H,21,22)/t13?,14-/m0/s1. The number of carbonyl (C=O) groups is 2. The van der Waals surface area contributed by atoms with Crippen LogP contribution in [0, 0.1) is 5.92 Å². The quantitative estimate of drug-likeness (QED) is 0.503. The van der Waals surface area contributed by atoms with Crippen molar-refractivity contribution in [3.05, 3.63) is 35.9 Å². The molecule has 0 bridgehead atoms. The summed E-state index contributed by atoms with van der Waals surface area (Å²) in [6, 6.07) is 8.32. The van der Waals surface area contributed by atoms with E-state index in [2.05, 4.69) is 0 Å². The molecule has 0 aromatic heterocycles. The van der Waals surface area contributed by atoms with E-state index in [0.29, 0.717) is 0 Å². The van der Waals surface area contributed by atoms with Crippen molar-refractivity contribution in [1.82, 2.24) is 0 Å². The molecule has 2 atom stereocenters. The van der Waals surface area contributed by atoms with Gasteiger partial charge in [-0.25, -0.2) is 0 Å². The minimum Gasteiger partial charge on any atom is -0.480 e. The first-order valence-electron chi connectivity index (χ1n) is 7.77. The number of benzene rings is 1. The van der Waals surface area contributed by atoms with Crippen LogP contribution in [0.1, 0.15) is 18.4 Å². The Morgan fingerprint density at radius 3 is 2.21 bits per heavy atom. The SMILES string of the molecule is COC(Cc1ccccc1)(OC)C(=O)C(CN)CC[C@H](N)C(=O)O. The summed E-state index contributed by atoms with van der Waals surface area (Å²) >= 11 is 0. The zero-order valence-corrected chi connectivity index (χ0v) is 14.1. The van der Waals surface area contributed by atoms with E-state index in [1.54, 1.807) is 0 Å². The van der Waals surface area contributed by atoms with E-state index in [1.165, 1.54) is 14.2 Å². The van der Waals surface area contributed by atoms with Crippen molar-refractivity contribution in [2.75, 3.05) is 20.8 Å². The van der Waals surface area contributed by atoms with Crippen molar-refractivity contribution in [3.63, 3.8) is 0 Å². The Morgan fingerprint density at radius 1 is 1.17 bits per heavy atom. The molecule has 0 aliphatic carbocycles. The highest BCUT2D eigenvalue weighted by molar-refractivity contribution is 5.88. The lowest BCUT2D eigenvalue weighted by Gasteiger charge is -2.32. The maximum Gasteiger partial charge on any atom is 0.320 e. The van der Waals surface area contributed by atoms with Crippen LogP contribution in [0.3, 0.4) is 0 Å². The van der Waals surface area contributed by atoms with Gasteiger partial charge >= 0.3 is 5.97 Å². The van der Waals surface area contributed by atoms with Crippen molar-refractivity contribution >= 4 is 11.8 Å². The highest BCUT2D eigenvalue weighted by Gasteiger charge is 2.42. The molecule has 5 N–H and O–H groups in total. The number of nitrogens with two attached hydrogens (primary N) is 2. The van der Waals surface area contributed by atoms with Gasteiger partial charge in [-0.05, 0) is 18.4 Å². The van der Waals surface area contributed by atoms with Crippen molar-refractivity contribution in [2.24, 2.45) is 17.4 Å². The van der Waals surface area contributed by atoms with Crippen molar-refractivity contribution in [1.29, 1.82) is 0 Å². The molecular weight excluding hydrogens is 312 g/mol. The Balaban J connectivity index is 2.91. The maximum absolute atomic E-state index is 12.9. The van der Waals surface area contributed by atoms with Crippen LogP contribution in [0.4, 0.5) is 0 Å². The molecule has 1 rings (SSSR count). The van der Waals surface area contributed by atoms with Gasteiger partial charge in [0, 0.05) is 33.1 Å². The Labute approximate surface area is 141 Å². The van der Waals surface area contributed by atoms with Crippen LogP contribution < -0.4 is 11.5 Å². The van der Waals surface area contributed by atoms with Crippen LogP contribution >= 0.6 is 0 Å². The lowest BCUT2D eigenvalue weighted by atomic mass is 9.88. The summed E-state index contributed by atoms with van der Waals surface area (Å²) < 4.78 is 10.8. The number of carboxylic acids is 1. The zero-order valence-electron chi connectivity index (χ0n) is 14.1. The minimum absolute atomic E-state index is 0.0639. The molecule has 0 radical (unpaired) electrons.